The third kappa shape index (κ3) is 2.48. The number of aliphatic hydroxyl groups excluding tert-OH is 2. The molecule has 1 aromatic carbocycles. The maximum absolute atomic E-state index is 11.1. The summed E-state index contributed by atoms with van der Waals surface area (Å²) >= 11 is 0. The van der Waals surface area contributed by atoms with Crippen LogP contribution in [0.3, 0.4) is 0 Å². The average Bonchev–Trinajstić information content (AvgIpc) is 2.38. The molecule has 0 aliphatic carbocycles. The van der Waals surface area contributed by atoms with Gasteiger partial charge in [-0.15, -0.1) is 0 Å². The van der Waals surface area contributed by atoms with Crippen molar-refractivity contribution in [3.05, 3.63) is 23.3 Å². The van der Waals surface area contributed by atoms with Crippen LogP contribution in [0.1, 0.15) is 17.2 Å². The number of benzene rings is 1. The summed E-state index contributed by atoms with van der Waals surface area (Å²) in [5.74, 6) is -1.79. The molecular formula is C12H15NO6. The topological polar surface area (TPSA) is 130 Å². The van der Waals surface area contributed by atoms with Crippen LogP contribution in [0.15, 0.2) is 12.1 Å². The Morgan fingerprint density at radius 1 is 1.37 bits per heavy atom. The molecule has 1 aliphatic heterocycles. The van der Waals surface area contributed by atoms with Crippen LogP contribution in [0.2, 0.25) is 0 Å². The summed E-state index contributed by atoms with van der Waals surface area (Å²) in [4.78, 5) is 11.1. The van der Waals surface area contributed by atoms with E-state index in [1.807, 2.05) is 0 Å². The normalized spacial score (nSPS) is 23.7. The van der Waals surface area contributed by atoms with Gasteiger partial charge in [0, 0.05) is 0 Å². The Kier molecular flexibility index (Phi) is 3.61. The second-order valence-corrected chi connectivity index (χ2v) is 4.53. The van der Waals surface area contributed by atoms with Crippen molar-refractivity contribution in [1.82, 2.24) is 5.32 Å². The number of carbonyl (C=O) groups is 1. The van der Waals surface area contributed by atoms with E-state index in [1.54, 1.807) is 0 Å². The molecule has 0 saturated carbocycles. The Morgan fingerprint density at radius 2 is 2.00 bits per heavy atom. The van der Waals surface area contributed by atoms with Gasteiger partial charge in [0.1, 0.15) is 6.04 Å². The maximum atomic E-state index is 11.1. The number of carboxylic acid groups (broad SMARTS) is 1. The molecule has 0 amide bonds. The van der Waals surface area contributed by atoms with Gasteiger partial charge >= 0.3 is 5.97 Å². The first kappa shape index (κ1) is 13.6. The highest BCUT2D eigenvalue weighted by Gasteiger charge is 2.34. The predicted molar refractivity (Wildman–Crippen MR) is 63.9 cm³/mol. The Balaban J connectivity index is 2.46. The molecule has 0 fully saturated rings. The van der Waals surface area contributed by atoms with E-state index in [1.165, 1.54) is 12.1 Å². The van der Waals surface area contributed by atoms with Crippen molar-refractivity contribution in [2.75, 3.05) is 6.61 Å². The summed E-state index contributed by atoms with van der Waals surface area (Å²) in [7, 11) is 0. The van der Waals surface area contributed by atoms with Crippen molar-refractivity contribution < 1.29 is 30.3 Å². The molecular weight excluding hydrogens is 254 g/mol. The SMILES string of the molecule is O=C(O)[C@@H]1Cc2cc(O)c(O)cc2[C@@H]([C@H](O)CO)N1. The number of hydrogen-bond donors (Lipinski definition) is 6. The molecule has 19 heavy (non-hydrogen) atoms. The number of carboxylic acids is 1. The standard InChI is InChI=1S/C12H15NO6/c14-4-10(17)11-6-3-9(16)8(15)2-5(6)1-7(13-11)12(18)19/h2-3,7,10-11,13-17H,1,4H2,(H,18,19)/t7-,10+,11-/m0/s1. The van der Waals surface area contributed by atoms with Crippen molar-refractivity contribution in [2.24, 2.45) is 0 Å². The Labute approximate surface area is 108 Å². The minimum atomic E-state index is -1.20. The van der Waals surface area contributed by atoms with E-state index < -0.39 is 30.8 Å². The van der Waals surface area contributed by atoms with Crippen LogP contribution in [0.5, 0.6) is 11.5 Å². The van der Waals surface area contributed by atoms with Crippen LogP contribution in [0, 0.1) is 0 Å². The number of aliphatic carboxylic acids is 1. The molecule has 104 valence electrons. The van der Waals surface area contributed by atoms with Crippen molar-refractivity contribution in [2.45, 2.75) is 24.6 Å². The monoisotopic (exact) mass is 269 g/mol. The fraction of sp³-hybridized carbons (Fsp3) is 0.417. The minimum absolute atomic E-state index is 0.118. The Hall–Kier alpha value is -1.83. The Morgan fingerprint density at radius 3 is 2.58 bits per heavy atom. The lowest BCUT2D eigenvalue weighted by atomic mass is 9.87. The number of fused-ring (bicyclic) bond motifs is 1. The van der Waals surface area contributed by atoms with Crippen LogP contribution >= 0.6 is 0 Å². The van der Waals surface area contributed by atoms with Crippen molar-refractivity contribution in [1.29, 1.82) is 0 Å². The van der Waals surface area contributed by atoms with E-state index in [0.717, 1.165) is 0 Å². The highest BCUT2D eigenvalue weighted by molar-refractivity contribution is 5.75. The molecule has 0 aromatic heterocycles. The van der Waals surface area contributed by atoms with E-state index in [4.69, 9.17) is 10.2 Å². The number of phenolic OH excluding ortho intramolecular Hbond substituents is 2. The molecule has 0 spiro atoms. The highest BCUT2D eigenvalue weighted by atomic mass is 16.4. The first-order chi connectivity index (χ1) is 8.93. The maximum Gasteiger partial charge on any atom is 0.321 e. The lowest BCUT2D eigenvalue weighted by molar-refractivity contribution is -0.140. The molecule has 0 bridgehead atoms. The van der Waals surface area contributed by atoms with Crippen LogP contribution in [0.25, 0.3) is 0 Å². The summed E-state index contributed by atoms with van der Waals surface area (Å²) in [6.07, 6.45) is -1.09. The molecule has 0 saturated heterocycles. The summed E-state index contributed by atoms with van der Waals surface area (Å²) in [5.41, 5.74) is 0.980. The highest BCUT2D eigenvalue weighted by Crippen LogP contribution is 2.36. The van der Waals surface area contributed by atoms with Gasteiger partial charge in [0.05, 0.1) is 18.8 Å². The van der Waals surface area contributed by atoms with Gasteiger partial charge in [0.2, 0.25) is 0 Å². The predicted octanol–water partition coefficient (Wildman–Crippen LogP) is -0.909. The van der Waals surface area contributed by atoms with E-state index in [2.05, 4.69) is 5.32 Å². The minimum Gasteiger partial charge on any atom is -0.504 e. The van der Waals surface area contributed by atoms with E-state index >= 15 is 0 Å². The van der Waals surface area contributed by atoms with E-state index in [9.17, 15) is 20.1 Å². The van der Waals surface area contributed by atoms with Crippen molar-refractivity contribution >= 4 is 5.97 Å². The first-order valence-corrected chi connectivity index (χ1v) is 5.76. The van der Waals surface area contributed by atoms with Gasteiger partial charge in [-0.2, -0.15) is 0 Å². The van der Waals surface area contributed by atoms with Gasteiger partial charge in [-0.1, -0.05) is 0 Å². The molecule has 7 nitrogen and oxygen atoms in total. The average molecular weight is 269 g/mol. The first-order valence-electron chi connectivity index (χ1n) is 5.76. The number of hydrogen-bond acceptors (Lipinski definition) is 6. The number of aliphatic hydroxyl groups is 2. The third-order valence-corrected chi connectivity index (χ3v) is 3.25. The molecule has 0 unspecified atom stereocenters. The lowest BCUT2D eigenvalue weighted by Crippen LogP contribution is -2.49. The van der Waals surface area contributed by atoms with E-state index in [-0.39, 0.29) is 17.9 Å². The second-order valence-electron chi connectivity index (χ2n) is 4.53. The molecule has 1 aromatic rings. The molecule has 3 atom stereocenters. The van der Waals surface area contributed by atoms with Crippen LogP contribution in [-0.4, -0.2) is 50.3 Å². The fourth-order valence-electron chi connectivity index (χ4n) is 2.27. The summed E-state index contributed by atoms with van der Waals surface area (Å²) in [6.45, 7) is -0.551. The quantitative estimate of drug-likeness (QED) is 0.392. The third-order valence-electron chi connectivity index (χ3n) is 3.25. The van der Waals surface area contributed by atoms with Gasteiger partial charge in [-0.25, -0.2) is 0 Å². The van der Waals surface area contributed by atoms with Crippen LogP contribution < -0.4 is 5.32 Å². The van der Waals surface area contributed by atoms with Gasteiger partial charge in [0.25, 0.3) is 0 Å². The molecule has 1 aliphatic rings. The van der Waals surface area contributed by atoms with Crippen molar-refractivity contribution in [3.63, 3.8) is 0 Å². The summed E-state index contributed by atoms with van der Waals surface area (Å²) in [5, 5.41) is 49.4. The molecule has 6 N–H and O–H groups in total. The van der Waals surface area contributed by atoms with Crippen LogP contribution in [-0.2, 0) is 11.2 Å². The number of phenols is 2. The van der Waals surface area contributed by atoms with Gasteiger partial charge in [-0.3, -0.25) is 10.1 Å². The van der Waals surface area contributed by atoms with Gasteiger partial charge < -0.3 is 25.5 Å². The van der Waals surface area contributed by atoms with Crippen molar-refractivity contribution in [3.8, 4) is 11.5 Å². The zero-order chi connectivity index (χ0) is 14.2. The zero-order valence-corrected chi connectivity index (χ0v) is 9.95. The summed E-state index contributed by atoms with van der Waals surface area (Å²) in [6, 6.07) is 0.793. The molecule has 2 rings (SSSR count). The lowest BCUT2D eigenvalue weighted by Gasteiger charge is -2.33. The number of aromatic hydroxyl groups is 2. The van der Waals surface area contributed by atoms with Gasteiger partial charge in [-0.05, 0) is 29.7 Å². The zero-order valence-electron chi connectivity index (χ0n) is 9.95. The molecule has 1 heterocycles. The largest absolute Gasteiger partial charge is 0.504 e. The molecule has 0 radical (unpaired) electrons. The van der Waals surface area contributed by atoms with Gasteiger partial charge in [0.15, 0.2) is 11.5 Å². The second kappa shape index (κ2) is 5.04. The Bertz CT molecular complexity index is 503. The fourth-order valence-corrected chi connectivity index (χ4v) is 2.27. The smallest absolute Gasteiger partial charge is 0.321 e. The van der Waals surface area contributed by atoms with E-state index in [0.29, 0.717) is 11.1 Å². The number of rotatable bonds is 3. The van der Waals surface area contributed by atoms with Crippen LogP contribution in [0.4, 0.5) is 0 Å². The number of nitrogens with one attached hydrogen (secondary N) is 1. The molecule has 7 heteroatoms. The summed E-state index contributed by atoms with van der Waals surface area (Å²) < 4.78 is 0.